The first-order valence-electron chi connectivity index (χ1n) is 5.08. The number of nitrogens with two attached hydrogens (primary N) is 1. The van der Waals surface area contributed by atoms with Crippen LogP contribution in [0.1, 0.15) is 23.2 Å². The molecule has 3 nitrogen and oxygen atoms in total. The molecule has 0 aromatic heterocycles. The first kappa shape index (κ1) is 13.4. The van der Waals surface area contributed by atoms with Crippen molar-refractivity contribution in [2.24, 2.45) is 5.73 Å². The smallest absolute Gasteiger partial charge is 0.251 e. The number of unbranched alkanes of at least 4 members (excludes halogenated alkanes) is 1. The first-order chi connectivity index (χ1) is 7.65. The molecule has 3 N–H and O–H groups in total. The summed E-state index contributed by atoms with van der Waals surface area (Å²) in [4.78, 5) is 11.6. The van der Waals surface area contributed by atoms with Gasteiger partial charge in [0.05, 0.1) is 0 Å². The molecule has 0 heterocycles. The van der Waals surface area contributed by atoms with E-state index >= 15 is 0 Å². The zero-order chi connectivity index (χ0) is 12.0. The van der Waals surface area contributed by atoms with Gasteiger partial charge in [-0.05, 0) is 60.2 Å². The molecule has 1 aromatic rings. The van der Waals surface area contributed by atoms with Crippen molar-refractivity contribution in [3.8, 4) is 0 Å². The lowest BCUT2D eigenvalue weighted by molar-refractivity contribution is 0.0952. The summed E-state index contributed by atoms with van der Waals surface area (Å²) in [7, 11) is 0. The van der Waals surface area contributed by atoms with E-state index in [9.17, 15) is 9.18 Å². The number of carbonyl (C=O) groups excluding carboxylic acids is 1. The number of hydrogen-bond acceptors (Lipinski definition) is 2. The van der Waals surface area contributed by atoms with Gasteiger partial charge in [-0.15, -0.1) is 0 Å². The molecule has 0 saturated heterocycles. The minimum absolute atomic E-state index is 0.243. The Bertz CT molecular complexity index is 371. The molecule has 0 aliphatic carbocycles. The first-order valence-corrected chi connectivity index (χ1v) is 6.16. The van der Waals surface area contributed by atoms with E-state index in [-0.39, 0.29) is 11.7 Å². The Morgan fingerprint density at radius 3 is 2.81 bits per heavy atom. The van der Waals surface area contributed by atoms with E-state index in [1.807, 2.05) is 22.6 Å². The minimum Gasteiger partial charge on any atom is -0.352 e. The summed E-state index contributed by atoms with van der Waals surface area (Å²) in [6.45, 7) is 1.19. The summed E-state index contributed by atoms with van der Waals surface area (Å²) >= 11 is 1.88. The molecule has 0 spiro atoms. The van der Waals surface area contributed by atoms with Gasteiger partial charge in [0, 0.05) is 15.7 Å². The van der Waals surface area contributed by atoms with Crippen LogP contribution in [0.15, 0.2) is 18.2 Å². The summed E-state index contributed by atoms with van der Waals surface area (Å²) in [5, 5.41) is 2.72. The standard InChI is InChI=1S/C11H14FIN2O/c12-9-7-8(3-4-10(9)13)11(16)15-6-2-1-5-14/h3-4,7H,1-2,5-6,14H2,(H,15,16). The highest BCUT2D eigenvalue weighted by Gasteiger charge is 2.07. The normalized spacial score (nSPS) is 10.2. The monoisotopic (exact) mass is 336 g/mol. The second kappa shape index (κ2) is 6.80. The lowest BCUT2D eigenvalue weighted by Crippen LogP contribution is -2.25. The number of halogens is 2. The van der Waals surface area contributed by atoms with Gasteiger partial charge in [-0.3, -0.25) is 4.79 Å². The molecule has 1 amide bonds. The number of carbonyl (C=O) groups is 1. The van der Waals surface area contributed by atoms with Gasteiger partial charge >= 0.3 is 0 Å². The molecule has 88 valence electrons. The number of hydrogen-bond donors (Lipinski definition) is 2. The van der Waals surface area contributed by atoms with Crippen LogP contribution in [0, 0.1) is 9.39 Å². The average Bonchev–Trinajstić information content (AvgIpc) is 2.28. The lowest BCUT2D eigenvalue weighted by Gasteiger charge is -2.05. The largest absolute Gasteiger partial charge is 0.352 e. The maximum absolute atomic E-state index is 13.2. The topological polar surface area (TPSA) is 55.1 Å². The zero-order valence-corrected chi connectivity index (χ0v) is 11.0. The van der Waals surface area contributed by atoms with Gasteiger partial charge in [-0.25, -0.2) is 4.39 Å². The van der Waals surface area contributed by atoms with Crippen molar-refractivity contribution in [2.75, 3.05) is 13.1 Å². The van der Waals surface area contributed by atoms with E-state index < -0.39 is 0 Å². The van der Waals surface area contributed by atoms with E-state index in [2.05, 4.69) is 5.32 Å². The van der Waals surface area contributed by atoms with Crippen LogP contribution in [0.3, 0.4) is 0 Å². The summed E-state index contributed by atoms with van der Waals surface area (Å²) < 4.78 is 13.7. The maximum atomic E-state index is 13.2. The highest BCUT2D eigenvalue weighted by molar-refractivity contribution is 14.1. The molecule has 0 fully saturated rings. The lowest BCUT2D eigenvalue weighted by atomic mass is 10.2. The SMILES string of the molecule is NCCCCNC(=O)c1ccc(I)c(F)c1. The Morgan fingerprint density at radius 1 is 1.44 bits per heavy atom. The minimum atomic E-state index is -0.366. The van der Waals surface area contributed by atoms with Crippen LogP contribution in [-0.2, 0) is 0 Å². The van der Waals surface area contributed by atoms with Crippen molar-refractivity contribution in [3.63, 3.8) is 0 Å². The van der Waals surface area contributed by atoms with Gasteiger partial charge in [-0.1, -0.05) is 0 Å². The van der Waals surface area contributed by atoms with Crippen molar-refractivity contribution in [1.82, 2.24) is 5.32 Å². The van der Waals surface area contributed by atoms with E-state index in [1.54, 1.807) is 12.1 Å². The fraction of sp³-hybridized carbons (Fsp3) is 0.364. The van der Waals surface area contributed by atoms with Crippen molar-refractivity contribution in [1.29, 1.82) is 0 Å². The van der Waals surface area contributed by atoms with Crippen molar-refractivity contribution in [3.05, 3.63) is 33.1 Å². The molecule has 0 bridgehead atoms. The highest BCUT2D eigenvalue weighted by Crippen LogP contribution is 2.12. The Labute approximate surface area is 108 Å². The summed E-state index contributed by atoms with van der Waals surface area (Å²) in [6.07, 6.45) is 1.72. The highest BCUT2D eigenvalue weighted by atomic mass is 127. The third-order valence-corrected chi connectivity index (χ3v) is 2.97. The molecule has 16 heavy (non-hydrogen) atoms. The van der Waals surface area contributed by atoms with Crippen LogP contribution < -0.4 is 11.1 Å². The molecule has 0 aliphatic rings. The maximum Gasteiger partial charge on any atom is 0.251 e. The molecule has 0 radical (unpaired) electrons. The van der Waals surface area contributed by atoms with E-state index in [1.165, 1.54) is 6.07 Å². The van der Waals surface area contributed by atoms with Gasteiger partial charge in [0.15, 0.2) is 0 Å². The van der Waals surface area contributed by atoms with Crippen LogP contribution in [0.5, 0.6) is 0 Å². The fourth-order valence-corrected chi connectivity index (χ4v) is 1.55. The van der Waals surface area contributed by atoms with Crippen LogP contribution in [-0.4, -0.2) is 19.0 Å². The van der Waals surface area contributed by atoms with Gasteiger partial charge in [0.25, 0.3) is 5.91 Å². The predicted octanol–water partition coefficient (Wildman–Crippen LogP) is 1.90. The second-order valence-corrected chi connectivity index (χ2v) is 4.54. The van der Waals surface area contributed by atoms with Crippen LogP contribution in [0.2, 0.25) is 0 Å². The summed E-state index contributed by atoms with van der Waals surface area (Å²) in [6, 6.07) is 4.45. The Hall–Kier alpha value is -0.690. The second-order valence-electron chi connectivity index (χ2n) is 3.38. The van der Waals surface area contributed by atoms with E-state index in [0.29, 0.717) is 22.2 Å². The molecular weight excluding hydrogens is 322 g/mol. The predicted molar refractivity (Wildman–Crippen MR) is 69.7 cm³/mol. The molecular formula is C11H14FIN2O. The Balaban J connectivity index is 2.50. The number of amides is 1. The van der Waals surface area contributed by atoms with Gasteiger partial charge < -0.3 is 11.1 Å². The van der Waals surface area contributed by atoms with E-state index in [0.717, 1.165) is 12.8 Å². The molecule has 1 rings (SSSR count). The van der Waals surface area contributed by atoms with Crippen molar-refractivity contribution < 1.29 is 9.18 Å². The van der Waals surface area contributed by atoms with Gasteiger partial charge in [-0.2, -0.15) is 0 Å². The molecule has 0 unspecified atom stereocenters. The van der Waals surface area contributed by atoms with Gasteiger partial charge in [0.1, 0.15) is 5.82 Å². The molecule has 0 atom stereocenters. The summed E-state index contributed by atoms with van der Waals surface area (Å²) in [5.74, 6) is -0.609. The summed E-state index contributed by atoms with van der Waals surface area (Å²) in [5.41, 5.74) is 5.68. The number of nitrogens with one attached hydrogen (secondary N) is 1. The van der Waals surface area contributed by atoms with Crippen molar-refractivity contribution in [2.45, 2.75) is 12.8 Å². The zero-order valence-electron chi connectivity index (χ0n) is 8.80. The quantitative estimate of drug-likeness (QED) is 0.637. The third-order valence-electron chi connectivity index (χ3n) is 2.10. The fourth-order valence-electron chi connectivity index (χ4n) is 1.21. The third kappa shape index (κ3) is 4.05. The molecule has 1 aromatic carbocycles. The van der Waals surface area contributed by atoms with Crippen LogP contribution >= 0.6 is 22.6 Å². The van der Waals surface area contributed by atoms with Gasteiger partial charge in [0.2, 0.25) is 0 Å². The molecule has 0 aliphatic heterocycles. The Morgan fingerprint density at radius 2 is 2.19 bits per heavy atom. The molecule has 5 heteroatoms. The molecule has 0 saturated carbocycles. The van der Waals surface area contributed by atoms with Crippen LogP contribution in [0.25, 0.3) is 0 Å². The van der Waals surface area contributed by atoms with E-state index in [4.69, 9.17) is 5.73 Å². The Kier molecular flexibility index (Phi) is 5.68. The van der Waals surface area contributed by atoms with Crippen molar-refractivity contribution >= 4 is 28.5 Å². The average molecular weight is 336 g/mol. The number of benzene rings is 1. The van der Waals surface area contributed by atoms with Crippen LogP contribution in [0.4, 0.5) is 4.39 Å². The number of rotatable bonds is 5.